The van der Waals surface area contributed by atoms with E-state index in [1.807, 2.05) is 6.07 Å². The predicted octanol–water partition coefficient (Wildman–Crippen LogP) is 6.41. The molecule has 4 heteroatoms. The highest BCUT2D eigenvalue weighted by Gasteiger charge is 2.29. The molecule has 3 aliphatic rings. The van der Waals surface area contributed by atoms with Gasteiger partial charge in [0.1, 0.15) is 0 Å². The quantitative estimate of drug-likeness (QED) is 0.516. The van der Waals surface area contributed by atoms with Crippen molar-refractivity contribution in [2.45, 2.75) is 101 Å². The van der Waals surface area contributed by atoms with E-state index in [1.54, 1.807) is 0 Å². The van der Waals surface area contributed by atoms with Gasteiger partial charge >= 0.3 is 0 Å². The zero-order valence-corrected chi connectivity index (χ0v) is 20.3. The molecule has 0 bridgehead atoms. The summed E-state index contributed by atoms with van der Waals surface area (Å²) in [5.74, 6) is 1.38. The molecule has 2 aromatic rings. The van der Waals surface area contributed by atoms with Crippen molar-refractivity contribution >= 4 is 10.9 Å². The molecule has 1 aromatic heterocycles. The van der Waals surface area contributed by atoms with Crippen molar-refractivity contribution in [2.24, 2.45) is 5.92 Å². The summed E-state index contributed by atoms with van der Waals surface area (Å²) in [7, 11) is 0. The molecule has 2 heterocycles. The first-order valence-electron chi connectivity index (χ1n) is 13.8. The predicted molar refractivity (Wildman–Crippen MR) is 137 cm³/mol. The van der Waals surface area contributed by atoms with E-state index >= 15 is 0 Å². The highest BCUT2D eigenvalue weighted by molar-refractivity contribution is 5.86. The maximum absolute atomic E-state index is 9.64. The number of nitrogens with zero attached hydrogens (tertiary/aromatic N) is 2. The molecule has 3 fully saturated rings. The van der Waals surface area contributed by atoms with Gasteiger partial charge in [-0.05, 0) is 100 Å². The van der Waals surface area contributed by atoms with Gasteiger partial charge in [0.15, 0.2) is 0 Å². The van der Waals surface area contributed by atoms with E-state index in [2.05, 4.69) is 39.6 Å². The van der Waals surface area contributed by atoms with Crippen LogP contribution in [0.2, 0.25) is 0 Å². The lowest BCUT2D eigenvalue weighted by Crippen LogP contribution is -2.40. The van der Waals surface area contributed by atoms with Crippen LogP contribution in [0.3, 0.4) is 0 Å². The summed E-state index contributed by atoms with van der Waals surface area (Å²) in [6, 6.07) is 10.2. The zero-order chi connectivity index (χ0) is 22.5. The summed E-state index contributed by atoms with van der Waals surface area (Å²) in [6.07, 6.45) is 19.8. The Kier molecular flexibility index (Phi) is 7.69. The Morgan fingerprint density at radius 3 is 2.42 bits per heavy atom. The van der Waals surface area contributed by atoms with Crippen molar-refractivity contribution in [3.8, 4) is 6.07 Å². The van der Waals surface area contributed by atoms with E-state index in [9.17, 15) is 5.26 Å². The average Bonchev–Trinajstić information content (AvgIpc) is 3.27. The van der Waals surface area contributed by atoms with E-state index in [4.69, 9.17) is 0 Å². The number of hydrogen-bond donors (Lipinski definition) is 2. The first-order chi connectivity index (χ1) is 16.3. The van der Waals surface area contributed by atoms with Gasteiger partial charge in [0.25, 0.3) is 0 Å². The molecular weight excluding hydrogens is 404 g/mol. The van der Waals surface area contributed by atoms with E-state index in [1.165, 1.54) is 99.9 Å². The van der Waals surface area contributed by atoms with Crippen LogP contribution in [0.4, 0.5) is 0 Å². The van der Waals surface area contributed by atoms with Crippen molar-refractivity contribution < 1.29 is 0 Å². The Bertz CT molecular complexity index is 936. The Morgan fingerprint density at radius 2 is 1.70 bits per heavy atom. The van der Waals surface area contributed by atoms with Crippen LogP contribution in [0.25, 0.3) is 10.9 Å². The molecule has 0 spiro atoms. The van der Waals surface area contributed by atoms with Crippen LogP contribution in [0.15, 0.2) is 24.4 Å². The van der Waals surface area contributed by atoms with Crippen LogP contribution in [0.5, 0.6) is 0 Å². The standard InChI is InChI=1S/C29H42N4/c30-20-22-11-12-29-27(19-22)28(21-33(29)25-9-5-2-6-10-25)26(23-7-3-1-4-8-23)15-18-32-24-13-16-31-17-14-24/h11-12,19,21,23-26,31-32H,1-10,13-18H2. The Hall–Kier alpha value is -1.83. The largest absolute Gasteiger partial charge is 0.344 e. The van der Waals surface area contributed by atoms with Gasteiger partial charge in [0.05, 0.1) is 11.6 Å². The first-order valence-corrected chi connectivity index (χ1v) is 13.8. The number of benzene rings is 1. The van der Waals surface area contributed by atoms with Crippen molar-refractivity contribution in [3.05, 3.63) is 35.5 Å². The van der Waals surface area contributed by atoms with Crippen molar-refractivity contribution in [1.82, 2.24) is 15.2 Å². The summed E-state index contributed by atoms with van der Waals surface area (Å²) in [5, 5.41) is 18.4. The Labute approximate surface area is 200 Å². The second kappa shape index (κ2) is 11.1. The molecule has 0 amide bonds. The molecule has 1 unspecified atom stereocenters. The third kappa shape index (κ3) is 5.31. The van der Waals surface area contributed by atoms with Gasteiger partial charge in [-0.1, -0.05) is 38.5 Å². The summed E-state index contributed by atoms with van der Waals surface area (Å²) in [5.41, 5.74) is 3.70. The summed E-state index contributed by atoms with van der Waals surface area (Å²) >= 11 is 0. The fourth-order valence-corrected chi connectivity index (χ4v) is 6.96. The molecular formula is C29H42N4. The van der Waals surface area contributed by atoms with Crippen molar-refractivity contribution in [1.29, 1.82) is 5.26 Å². The van der Waals surface area contributed by atoms with Crippen LogP contribution in [0, 0.1) is 17.2 Å². The smallest absolute Gasteiger partial charge is 0.0991 e. The molecule has 5 rings (SSSR count). The number of nitrogens with one attached hydrogen (secondary N) is 2. The van der Waals surface area contributed by atoms with Gasteiger partial charge in [-0.3, -0.25) is 0 Å². The normalized spacial score (nSPS) is 22.4. The molecule has 1 atom stereocenters. The maximum Gasteiger partial charge on any atom is 0.0991 e. The lowest BCUT2D eigenvalue weighted by Gasteiger charge is -2.32. The van der Waals surface area contributed by atoms with E-state index in [0.717, 1.165) is 31.1 Å². The number of nitriles is 1. The second-order valence-electron chi connectivity index (χ2n) is 10.9. The van der Waals surface area contributed by atoms with E-state index in [-0.39, 0.29) is 0 Å². The van der Waals surface area contributed by atoms with Gasteiger partial charge in [0, 0.05) is 29.2 Å². The third-order valence-electron chi connectivity index (χ3n) is 8.81. The van der Waals surface area contributed by atoms with Crippen LogP contribution in [-0.2, 0) is 0 Å². The molecule has 2 saturated carbocycles. The summed E-state index contributed by atoms with van der Waals surface area (Å²) in [4.78, 5) is 0. The number of aromatic nitrogens is 1. The third-order valence-corrected chi connectivity index (χ3v) is 8.81. The summed E-state index contributed by atoms with van der Waals surface area (Å²) < 4.78 is 2.61. The number of rotatable bonds is 7. The van der Waals surface area contributed by atoms with Gasteiger partial charge in [-0.2, -0.15) is 5.26 Å². The zero-order valence-electron chi connectivity index (χ0n) is 20.3. The van der Waals surface area contributed by atoms with Crippen molar-refractivity contribution in [3.63, 3.8) is 0 Å². The second-order valence-corrected chi connectivity index (χ2v) is 10.9. The van der Waals surface area contributed by atoms with Gasteiger partial charge in [-0.15, -0.1) is 0 Å². The Morgan fingerprint density at radius 1 is 0.970 bits per heavy atom. The van der Waals surface area contributed by atoms with Gasteiger partial charge < -0.3 is 15.2 Å². The Balaban J connectivity index is 1.46. The van der Waals surface area contributed by atoms with Crippen LogP contribution < -0.4 is 10.6 Å². The van der Waals surface area contributed by atoms with Crippen LogP contribution in [0.1, 0.15) is 107 Å². The maximum atomic E-state index is 9.64. The lowest BCUT2D eigenvalue weighted by molar-refractivity contribution is 0.285. The molecule has 33 heavy (non-hydrogen) atoms. The average molecular weight is 447 g/mol. The van der Waals surface area contributed by atoms with Crippen LogP contribution in [-0.4, -0.2) is 30.2 Å². The van der Waals surface area contributed by atoms with E-state index in [0.29, 0.717) is 18.0 Å². The molecule has 1 saturated heterocycles. The lowest BCUT2D eigenvalue weighted by atomic mass is 9.75. The van der Waals surface area contributed by atoms with Gasteiger partial charge in [-0.25, -0.2) is 0 Å². The molecule has 2 aliphatic carbocycles. The first kappa shape index (κ1) is 22.9. The SMILES string of the molecule is N#Cc1ccc2c(c1)c(C(CCNC1CCNCC1)C1CCCCC1)cn2C1CCCCC1. The highest BCUT2D eigenvalue weighted by Crippen LogP contribution is 2.43. The van der Waals surface area contributed by atoms with Crippen molar-refractivity contribution in [2.75, 3.05) is 19.6 Å². The number of piperidine rings is 1. The van der Waals surface area contributed by atoms with Crippen LogP contribution >= 0.6 is 0 Å². The number of fused-ring (bicyclic) bond motifs is 1. The fourth-order valence-electron chi connectivity index (χ4n) is 6.96. The minimum absolute atomic E-state index is 0.598. The van der Waals surface area contributed by atoms with Gasteiger partial charge in [0.2, 0.25) is 0 Å². The minimum Gasteiger partial charge on any atom is -0.344 e. The number of hydrogen-bond acceptors (Lipinski definition) is 3. The molecule has 2 N–H and O–H groups in total. The molecule has 4 nitrogen and oxygen atoms in total. The monoisotopic (exact) mass is 446 g/mol. The highest BCUT2D eigenvalue weighted by atomic mass is 15.0. The topological polar surface area (TPSA) is 52.8 Å². The molecule has 1 aliphatic heterocycles. The minimum atomic E-state index is 0.598. The molecule has 1 aromatic carbocycles. The molecule has 0 radical (unpaired) electrons. The summed E-state index contributed by atoms with van der Waals surface area (Å²) in [6.45, 7) is 3.41. The molecule has 178 valence electrons. The fraction of sp³-hybridized carbons (Fsp3) is 0.690. The van der Waals surface area contributed by atoms with E-state index < -0.39 is 0 Å².